The van der Waals surface area contributed by atoms with Crippen LogP contribution < -0.4 is 5.32 Å². The van der Waals surface area contributed by atoms with Crippen LogP contribution in [0.5, 0.6) is 5.75 Å². The summed E-state index contributed by atoms with van der Waals surface area (Å²) >= 11 is 0. The third-order valence-corrected chi connectivity index (χ3v) is 3.70. The van der Waals surface area contributed by atoms with Gasteiger partial charge in [-0.25, -0.2) is 9.59 Å². The molecule has 2 N–H and O–H groups in total. The van der Waals surface area contributed by atoms with Gasteiger partial charge in [-0.3, -0.25) is 4.79 Å². The van der Waals surface area contributed by atoms with E-state index in [1.807, 2.05) is 12.1 Å². The third kappa shape index (κ3) is 8.57. The lowest BCUT2D eigenvalue weighted by Crippen LogP contribution is -2.29. The summed E-state index contributed by atoms with van der Waals surface area (Å²) in [6.45, 7) is 8.54. The van der Waals surface area contributed by atoms with Crippen LogP contribution in [0.4, 0.5) is 4.79 Å². The number of amides is 1. The number of esters is 2. The van der Waals surface area contributed by atoms with Crippen LogP contribution in [0.15, 0.2) is 24.3 Å². The quantitative estimate of drug-likeness (QED) is 0.272. The predicted molar refractivity (Wildman–Crippen MR) is 102 cm³/mol. The Morgan fingerprint density at radius 3 is 2.25 bits per heavy atom. The first-order chi connectivity index (χ1) is 13.2. The molecule has 0 bridgehead atoms. The lowest BCUT2D eigenvalue weighted by atomic mass is 10.0. The van der Waals surface area contributed by atoms with Crippen molar-refractivity contribution in [1.29, 1.82) is 0 Å². The molecular formula is C20H27NO7. The smallest absolute Gasteiger partial charge is 0.407 e. The Morgan fingerprint density at radius 2 is 1.64 bits per heavy atom. The molecule has 0 aliphatic heterocycles. The highest BCUT2D eigenvalue weighted by Crippen LogP contribution is 2.23. The van der Waals surface area contributed by atoms with Crippen LogP contribution >= 0.6 is 0 Å². The van der Waals surface area contributed by atoms with Gasteiger partial charge in [-0.1, -0.05) is 18.7 Å². The molecular weight excluding hydrogens is 366 g/mol. The van der Waals surface area contributed by atoms with E-state index in [9.17, 15) is 19.5 Å². The minimum atomic E-state index is -0.697. The Kier molecular flexibility index (Phi) is 9.56. The topological polar surface area (TPSA) is 111 Å². The fraction of sp³-hybridized carbons (Fsp3) is 0.450. The van der Waals surface area contributed by atoms with Crippen molar-refractivity contribution in [2.45, 2.75) is 33.6 Å². The number of phenolic OH excluding ortho intramolecular Hbond substituents is 1. The fourth-order valence-electron chi connectivity index (χ4n) is 2.27. The van der Waals surface area contributed by atoms with Crippen molar-refractivity contribution >= 4 is 18.0 Å². The maximum absolute atomic E-state index is 11.7. The van der Waals surface area contributed by atoms with Crippen LogP contribution in [0.25, 0.3) is 0 Å². The van der Waals surface area contributed by atoms with Gasteiger partial charge >= 0.3 is 18.0 Å². The number of rotatable bonds is 10. The predicted octanol–water partition coefficient (Wildman–Crippen LogP) is 2.33. The number of aryl methyl sites for hydroxylation is 3. The first-order valence-electron chi connectivity index (χ1n) is 8.88. The summed E-state index contributed by atoms with van der Waals surface area (Å²) in [6.07, 6.45) is -0.0212. The number of hydrogen-bond donors (Lipinski definition) is 2. The lowest BCUT2D eigenvalue weighted by Gasteiger charge is -2.09. The highest BCUT2D eigenvalue weighted by atomic mass is 16.6. The Balaban J connectivity index is 2.14. The van der Waals surface area contributed by atoms with Gasteiger partial charge in [0.2, 0.25) is 0 Å². The Morgan fingerprint density at radius 1 is 1.04 bits per heavy atom. The third-order valence-electron chi connectivity index (χ3n) is 3.70. The Labute approximate surface area is 164 Å². The molecule has 154 valence electrons. The minimum Gasteiger partial charge on any atom is -0.507 e. The van der Waals surface area contributed by atoms with Crippen molar-refractivity contribution in [3.63, 3.8) is 0 Å². The van der Waals surface area contributed by atoms with Crippen LogP contribution in [-0.4, -0.2) is 49.5 Å². The number of nitrogens with one attached hydrogen (secondary N) is 1. The Bertz CT molecular complexity index is 704. The molecule has 0 aromatic heterocycles. The Hall–Kier alpha value is -3.03. The molecule has 1 aromatic rings. The van der Waals surface area contributed by atoms with Gasteiger partial charge < -0.3 is 24.6 Å². The molecule has 1 aromatic carbocycles. The van der Waals surface area contributed by atoms with E-state index < -0.39 is 18.0 Å². The summed E-state index contributed by atoms with van der Waals surface area (Å²) in [5.74, 6) is -0.672. The molecule has 8 nitrogen and oxygen atoms in total. The summed E-state index contributed by atoms with van der Waals surface area (Å²) in [4.78, 5) is 34.3. The van der Waals surface area contributed by atoms with Crippen LogP contribution in [0.2, 0.25) is 0 Å². The van der Waals surface area contributed by atoms with Crippen LogP contribution in [-0.2, 0) is 30.2 Å². The number of benzene rings is 1. The van der Waals surface area contributed by atoms with Gasteiger partial charge in [0.05, 0.1) is 6.54 Å². The van der Waals surface area contributed by atoms with Crippen molar-refractivity contribution < 1.29 is 33.7 Å². The van der Waals surface area contributed by atoms with E-state index >= 15 is 0 Å². The molecule has 1 rings (SSSR count). The highest BCUT2D eigenvalue weighted by Gasteiger charge is 2.08. The van der Waals surface area contributed by atoms with Gasteiger partial charge in [0.1, 0.15) is 25.6 Å². The molecule has 0 fully saturated rings. The van der Waals surface area contributed by atoms with E-state index in [1.54, 1.807) is 13.8 Å². The molecule has 1 amide bonds. The van der Waals surface area contributed by atoms with Crippen molar-refractivity contribution in [2.75, 3.05) is 26.4 Å². The molecule has 28 heavy (non-hydrogen) atoms. The SMILES string of the molecule is C=C(C)C(=O)OCCNC(=O)OCCOC(=O)CCc1cc(C)c(O)c(C)c1. The number of aromatic hydroxyl groups is 1. The van der Waals surface area contributed by atoms with Gasteiger partial charge in [-0.2, -0.15) is 0 Å². The average Bonchev–Trinajstić information content (AvgIpc) is 2.64. The lowest BCUT2D eigenvalue weighted by molar-refractivity contribution is -0.144. The van der Waals surface area contributed by atoms with Gasteiger partial charge in [-0.05, 0) is 43.9 Å². The first kappa shape index (κ1) is 23.0. The van der Waals surface area contributed by atoms with Crippen molar-refractivity contribution in [1.82, 2.24) is 5.32 Å². The number of carbonyl (C=O) groups excluding carboxylic acids is 3. The second-order valence-corrected chi connectivity index (χ2v) is 6.28. The zero-order valence-corrected chi connectivity index (χ0v) is 16.5. The highest BCUT2D eigenvalue weighted by molar-refractivity contribution is 5.86. The molecule has 0 unspecified atom stereocenters. The average molecular weight is 393 g/mol. The number of carbonyl (C=O) groups is 3. The second kappa shape index (κ2) is 11.6. The van der Waals surface area contributed by atoms with Crippen molar-refractivity contribution in [3.05, 3.63) is 41.0 Å². The van der Waals surface area contributed by atoms with E-state index in [1.165, 1.54) is 6.92 Å². The minimum absolute atomic E-state index is 0.00594. The standard InChI is InChI=1S/C20H27NO7/c1-13(2)19(24)27-8-7-21-20(25)28-10-9-26-17(22)6-5-16-11-14(3)18(23)15(4)12-16/h11-12,23H,1,5-10H2,2-4H3,(H,21,25). The number of hydrogen-bond acceptors (Lipinski definition) is 7. The molecule has 0 saturated heterocycles. The molecule has 0 aliphatic carbocycles. The summed E-state index contributed by atoms with van der Waals surface area (Å²) in [5, 5.41) is 12.1. The molecule has 0 aliphatic rings. The van der Waals surface area contributed by atoms with Gasteiger partial charge in [0, 0.05) is 12.0 Å². The first-order valence-corrected chi connectivity index (χ1v) is 8.88. The number of alkyl carbamates (subject to hydrolysis) is 1. The van der Waals surface area contributed by atoms with E-state index in [0.717, 1.165) is 16.7 Å². The largest absolute Gasteiger partial charge is 0.507 e. The van der Waals surface area contributed by atoms with Crippen LogP contribution in [0.3, 0.4) is 0 Å². The fourth-order valence-corrected chi connectivity index (χ4v) is 2.27. The maximum atomic E-state index is 11.7. The number of ether oxygens (including phenoxy) is 3. The van der Waals surface area contributed by atoms with E-state index in [-0.39, 0.29) is 44.1 Å². The molecule has 0 radical (unpaired) electrons. The van der Waals surface area contributed by atoms with Gasteiger partial charge in [-0.15, -0.1) is 0 Å². The van der Waals surface area contributed by atoms with Crippen molar-refractivity contribution in [3.8, 4) is 5.75 Å². The molecule has 8 heteroatoms. The molecule has 0 spiro atoms. The summed E-state index contributed by atoms with van der Waals surface area (Å²) in [5.41, 5.74) is 2.74. The maximum Gasteiger partial charge on any atom is 0.407 e. The monoisotopic (exact) mass is 393 g/mol. The normalized spacial score (nSPS) is 10.1. The molecule has 0 saturated carbocycles. The number of phenols is 1. The van der Waals surface area contributed by atoms with Crippen LogP contribution in [0, 0.1) is 13.8 Å². The molecule has 0 heterocycles. The summed E-state index contributed by atoms with van der Waals surface area (Å²) < 4.78 is 14.7. The zero-order valence-electron chi connectivity index (χ0n) is 16.5. The zero-order chi connectivity index (χ0) is 21.1. The van der Waals surface area contributed by atoms with Gasteiger partial charge in [0.25, 0.3) is 0 Å². The van der Waals surface area contributed by atoms with E-state index in [4.69, 9.17) is 14.2 Å². The summed E-state index contributed by atoms with van der Waals surface area (Å²) in [7, 11) is 0. The summed E-state index contributed by atoms with van der Waals surface area (Å²) in [6, 6.07) is 3.66. The van der Waals surface area contributed by atoms with Crippen LogP contribution in [0.1, 0.15) is 30.0 Å². The van der Waals surface area contributed by atoms with Crippen molar-refractivity contribution in [2.24, 2.45) is 0 Å². The van der Waals surface area contributed by atoms with Gasteiger partial charge in [0.15, 0.2) is 0 Å². The molecule has 0 atom stereocenters. The van der Waals surface area contributed by atoms with E-state index in [2.05, 4.69) is 11.9 Å². The van der Waals surface area contributed by atoms with E-state index in [0.29, 0.717) is 6.42 Å². The second-order valence-electron chi connectivity index (χ2n) is 6.28.